The molecule has 128 valence electrons. The van der Waals surface area contributed by atoms with E-state index in [2.05, 4.69) is 0 Å². The second-order valence-electron chi connectivity index (χ2n) is 5.66. The molecule has 24 heavy (non-hydrogen) atoms. The molecule has 2 atom stereocenters. The molecule has 0 saturated carbocycles. The lowest BCUT2D eigenvalue weighted by Gasteiger charge is -2.22. The van der Waals surface area contributed by atoms with Gasteiger partial charge in [-0.05, 0) is 29.7 Å². The van der Waals surface area contributed by atoms with Gasteiger partial charge >= 0.3 is 7.75 Å². The third kappa shape index (κ3) is 4.89. The van der Waals surface area contributed by atoms with Crippen molar-refractivity contribution in [2.75, 3.05) is 0 Å². The normalized spacial score (nSPS) is 18.9. The lowest BCUT2D eigenvalue weighted by atomic mass is 9.87. The van der Waals surface area contributed by atoms with Crippen LogP contribution in [0, 0.1) is 5.92 Å². The van der Waals surface area contributed by atoms with Gasteiger partial charge in [-0.15, -0.1) is 0 Å². The average Bonchev–Trinajstić information content (AvgIpc) is 2.45. The van der Waals surface area contributed by atoms with Crippen LogP contribution in [0.3, 0.4) is 0 Å². The molecular weight excluding hydrogens is 333 g/mol. The Balaban J connectivity index is 2.15. The van der Waals surface area contributed by atoms with E-state index < -0.39 is 19.4 Å². The fourth-order valence-corrected chi connectivity index (χ4v) is 3.05. The molecule has 1 aliphatic rings. The molecule has 0 aliphatic heterocycles. The highest BCUT2D eigenvalue weighted by Crippen LogP contribution is 2.34. The second kappa shape index (κ2) is 7.13. The van der Waals surface area contributed by atoms with E-state index in [-0.39, 0.29) is 29.6 Å². The van der Waals surface area contributed by atoms with Crippen LogP contribution in [0.5, 0.6) is 5.75 Å². The maximum Gasteiger partial charge on any atom is 0.427 e. The molecule has 4 N–H and O–H groups in total. The van der Waals surface area contributed by atoms with E-state index >= 15 is 0 Å². The summed E-state index contributed by atoms with van der Waals surface area (Å²) in [5.74, 6) is -1.77. The van der Waals surface area contributed by atoms with Gasteiger partial charge in [0.05, 0.1) is 5.92 Å². The van der Waals surface area contributed by atoms with Crippen molar-refractivity contribution >= 4 is 19.3 Å². The average molecular weight is 351 g/mol. The minimum absolute atomic E-state index is 0.0901. The van der Waals surface area contributed by atoms with Crippen molar-refractivity contribution in [2.45, 2.75) is 19.3 Å². The van der Waals surface area contributed by atoms with Crippen molar-refractivity contribution < 1.29 is 29.0 Å². The fourth-order valence-electron chi connectivity index (χ4n) is 2.51. The van der Waals surface area contributed by atoms with Gasteiger partial charge in [0.2, 0.25) is 0 Å². The van der Waals surface area contributed by atoms with Gasteiger partial charge in [-0.2, -0.15) is 0 Å². The number of carbonyl (C=O) groups is 2. The van der Waals surface area contributed by atoms with Crippen LogP contribution < -0.4 is 5.09 Å². The van der Waals surface area contributed by atoms with Crippen molar-refractivity contribution in [1.29, 1.82) is 0 Å². The predicted molar refractivity (Wildman–Crippen MR) is 87.0 cm³/mol. The van der Waals surface area contributed by atoms with E-state index in [1.807, 2.05) is 12.0 Å². The second-order valence-corrected chi connectivity index (χ2v) is 6.97. The van der Waals surface area contributed by atoms with E-state index in [1.54, 1.807) is 18.2 Å². The van der Waals surface area contributed by atoms with Crippen LogP contribution in [0.15, 0.2) is 48.2 Å². The zero-order valence-corrected chi connectivity index (χ0v) is 13.8. The zero-order chi connectivity index (χ0) is 17.9. The number of aromatic hydroxyl groups is 1. The summed E-state index contributed by atoms with van der Waals surface area (Å²) < 4.78 is 11.1. The highest BCUT2D eigenvalue weighted by atomic mass is 31.2. The van der Waals surface area contributed by atoms with Crippen LogP contribution >= 0.6 is 7.75 Å². The van der Waals surface area contributed by atoms with Crippen LogP contribution in [0.4, 0.5) is 0 Å². The van der Waals surface area contributed by atoms with Crippen LogP contribution in [0.1, 0.15) is 24.8 Å². The molecule has 1 aromatic carbocycles. The van der Waals surface area contributed by atoms with Gasteiger partial charge in [0, 0.05) is 18.2 Å². The monoisotopic (exact) mass is 351 g/mol. The topological polar surface area (TPSA) is 124 Å². The molecule has 0 aromatic heterocycles. The fraction of sp³-hybridized carbons (Fsp3) is 0.250. The Morgan fingerprint density at radius 3 is 2.71 bits per heavy atom. The van der Waals surface area contributed by atoms with E-state index in [4.69, 9.17) is 9.79 Å². The molecule has 0 bridgehead atoms. The molecular formula is C16H18NO6P. The van der Waals surface area contributed by atoms with Gasteiger partial charge in [-0.25, -0.2) is 4.57 Å². The summed E-state index contributed by atoms with van der Waals surface area (Å²) in [4.78, 5) is 42.0. The van der Waals surface area contributed by atoms with Gasteiger partial charge in [-0.3, -0.25) is 14.7 Å². The molecule has 2 unspecified atom stereocenters. The molecule has 8 heteroatoms. The minimum Gasteiger partial charge on any atom is -0.508 e. The lowest BCUT2D eigenvalue weighted by molar-refractivity contribution is -0.121. The van der Waals surface area contributed by atoms with E-state index in [1.165, 1.54) is 18.2 Å². The van der Waals surface area contributed by atoms with Crippen molar-refractivity contribution in [3.05, 3.63) is 53.8 Å². The van der Waals surface area contributed by atoms with E-state index in [0.717, 1.165) is 11.6 Å². The highest BCUT2D eigenvalue weighted by Gasteiger charge is 2.29. The first kappa shape index (κ1) is 18.1. The number of phenols is 1. The molecule has 0 fully saturated rings. The zero-order valence-electron chi connectivity index (χ0n) is 12.9. The maximum atomic E-state index is 12.5. The summed E-state index contributed by atoms with van der Waals surface area (Å²) >= 11 is 0. The molecule has 0 spiro atoms. The number of rotatable bonds is 6. The quantitative estimate of drug-likeness (QED) is 0.576. The number of nitrogens with one attached hydrogen (secondary N) is 1. The van der Waals surface area contributed by atoms with Crippen molar-refractivity contribution in [1.82, 2.24) is 5.09 Å². The van der Waals surface area contributed by atoms with Gasteiger partial charge in [0.15, 0.2) is 5.78 Å². The summed E-state index contributed by atoms with van der Waals surface area (Å²) in [6.07, 6.45) is 3.64. The van der Waals surface area contributed by atoms with Gasteiger partial charge in [-0.1, -0.05) is 25.1 Å². The molecule has 0 saturated heterocycles. The van der Waals surface area contributed by atoms with Crippen LogP contribution in [0.25, 0.3) is 0 Å². The lowest BCUT2D eigenvalue weighted by Crippen LogP contribution is -2.27. The first-order valence-electron chi connectivity index (χ1n) is 7.25. The largest absolute Gasteiger partial charge is 0.508 e. The van der Waals surface area contributed by atoms with E-state index in [0.29, 0.717) is 0 Å². The Morgan fingerprint density at radius 2 is 2.08 bits per heavy atom. The van der Waals surface area contributed by atoms with Crippen LogP contribution in [-0.4, -0.2) is 26.5 Å². The van der Waals surface area contributed by atoms with Gasteiger partial charge in [0.1, 0.15) is 11.5 Å². The summed E-state index contributed by atoms with van der Waals surface area (Å²) in [6.45, 7) is 1.81. The first-order chi connectivity index (χ1) is 11.2. The summed E-state index contributed by atoms with van der Waals surface area (Å²) in [6, 6.07) is 6.54. The number of hydrogen-bond donors (Lipinski definition) is 4. The number of phenolic OH excluding ortho intramolecular Hbond substituents is 1. The van der Waals surface area contributed by atoms with Crippen LogP contribution in [0.2, 0.25) is 0 Å². The summed E-state index contributed by atoms with van der Waals surface area (Å²) in [5, 5.41) is 11.4. The number of allylic oxidation sites excluding steroid dienone is 3. The molecule has 0 radical (unpaired) electrons. The molecule has 0 heterocycles. The Kier molecular flexibility index (Phi) is 5.39. The standard InChI is InChI=1S/C16H18NO6P/c1-10(11-3-2-4-12(18)8-11)7-16(20)14-6-5-13(19)9-15(14)17-24(21,22)23/h2-6,8-10,14,18H,7H2,1H3,(H3,17,21,22,23). The Morgan fingerprint density at radius 1 is 1.38 bits per heavy atom. The first-order valence-corrected chi connectivity index (χ1v) is 8.86. The number of hydrogen-bond acceptors (Lipinski definition) is 4. The third-order valence-electron chi connectivity index (χ3n) is 3.65. The van der Waals surface area contributed by atoms with Crippen molar-refractivity contribution in [2.24, 2.45) is 5.92 Å². The Labute approximate surface area is 138 Å². The number of ketones is 2. The number of benzene rings is 1. The third-order valence-corrected chi connectivity index (χ3v) is 4.20. The summed E-state index contributed by atoms with van der Waals surface area (Å²) in [7, 11) is -4.63. The predicted octanol–water partition coefficient (Wildman–Crippen LogP) is 1.78. The number of Topliss-reactive ketones (excluding diaryl/α,β-unsaturated/α-hetero) is 1. The van der Waals surface area contributed by atoms with E-state index in [9.17, 15) is 19.3 Å². The number of carbonyl (C=O) groups excluding carboxylic acids is 2. The van der Waals surface area contributed by atoms with Gasteiger partial charge in [0.25, 0.3) is 0 Å². The Hall–Kier alpha value is -2.21. The smallest absolute Gasteiger partial charge is 0.427 e. The van der Waals surface area contributed by atoms with Crippen molar-refractivity contribution in [3.8, 4) is 5.75 Å². The molecule has 1 aliphatic carbocycles. The molecule has 1 aromatic rings. The minimum atomic E-state index is -4.63. The van der Waals surface area contributed by atoms with Gasteiger partial charge < -0.3 is 14.9 Å². The van der Waals surface area contributed by atoms with Crippen LogP contribution in [-0.2, 0) is 14.2 Å². The molecule has 0 amide bonds. The van der Waals surface area contributed by atoms with Crippen molar-refractivity contribution in [3.63, 3.8) is 0 Å². The highest BCUT2D eigenvalue weighted by molar-refractivity contribution is 7.49. The molecule has 2 rings (SSSR count). The SMILES string of the molecule is CC(CC(=O)C1C=CC(=O)C=C1NP(=O)(O)O)c1cccc(O)c1. The summed E-state index contributed by atoms with van der Waals surface area (Å²) in [5.41, 5.74) is 0.664. The Bertz CT molecular complexity index is 764. The maximum absolute atomic E-state index is 12.5. The molecule has 7 nitrogen and oxygen atoms in total.